The Kier molecular flexibility index (Phi) is 5.19. The van der Waals surface area contributed by atoms with Gasteiger partial charge in [0.25, 0.3) is 0 Å². The highest BCUT2D eigenvalue weighted by Crippen LogP contribution is 2.43. The number of rotatable bonds is 5. The average molecular weight is 430 g/mol. The number of pyridine rings is 1. The normalized spacial score (nSPS) is 11.2. The van der Waals surface area contributed by atoms with Gasteiger partial charge in [0.05, 0.1) is 32.3 Å². The monoisotopic (exact) mass is 429 g/mol. The average Bonchev–Trinajstić information content (AvgIpc) is 3.23. The molecule has 0 bridgehead atoms. The molecule has 28 heavy (non-hydrogen) atoms. The molecule has 3 heterocycles. The van der Waals surface area contributed by atoms with E-state index in [1.165, 1.54) is 11.3 Å². The van der Waals surface area contributed by atoms with Crippen LogP contribution in [-0.2, 0) is 4.74 Å². The number of nitrogens with zero attached hydrogens (tertiary/aromatic N) is 1. The SMILES string of the molecule is CCOC(=O)c1c2c(C(=O)c3ccc(Cl)cc3)sc(SC)c2n2ccccc12. The van der Waals surface area contributed by atoms with Crippen LogP contribution in [0, 0.1) is 0 Å². The van der Waals surface area contributed by atoms with E-state index in [0.29, 0.717) is 26.4 Å². The first-order valence-corrected chi connectivity index (χ1v) is 11.1. The van der Waals surface area contributed by atoms with Crippen molar-refractivity contribution in [2.45, 2.75) is 11.1 Å². The zero-order valence-corrected chi connectivity index (χ0v) is 17.6. The van der Waals surface area contributed by atoms with Crippen LogP contribution >= 0.6 is 34.7 Å². The number of carbonyl (C=O) groups excluding carboxylic acids is 2. The van der Waals surface area contributed by atoms with Crippen molar-refractivity contribution in [1.82, 2.24) is 4.40 Å². The van der Waals surface area contributed by atoms with E-state index in [2.05, 4.69) is 0 Å². The Hall–Kier alpha value is -2.28. The van der Waals surface area contributed by atoms with Gasteiger partial charge in [-0.2, -0.15) is 0 Å². The molecule has 0 fully saturated rings. The van der Waals surface area contributed by atoms with Crippen molar-refractivity contribution in [1.29, 1.82) is 0 Å². The third-order valence-corrected chi connectivity index (χ3v) is 6.97. The number of hydrogen-bond acceptors (Lipinski definition) is 5. The topological polar surface area (TPSA) is 47.8 Å². The predicted molar refractivity (Wildman–Crippen MR) is 115 cm³/mol. The Bertz CT molecular complexity index is 1210. The Morgan fingerprint density at radius 2 is 1.93 bits per heavy atom. The molecule has 0 saturated carbocycles. The number of fused-ring (bicyclic) bond motifs is 3. The van der Waals surface area contributed by atoms with E-state index in [9.17, 15) is 9.59 Å². The number of hydrogen-bond donors (Lipinski definition) is 0. The zero-order chi connectivity index (χ0) is 19.8. The molecule has 0 N–H and O–H groups in total. The van der Waals surface area contributed by atoms with E-state index in [-0.39, 0.29) is 12.4 Å². The van der Waals surface area contributed by atoms with E-state index in [4.69, 9.17) is 16.3 Å². The van der Waals surface area contributed by atoms with E-state index < -0.39 is 5.97 Å². The largest absolute Gasteiger partial charge is 0.462 e. The van der Waals surface area contributed by atoms with Crippen LogP contribution in [0.4, 0.5) is 0 Å². The van der Waals surface area contributed by atoms with Crippen molar-refractivity contribution < 1.29 is 14.3 Å². The van der Waals surface area contributed by atoms with Crippen LogP contribution in [-0.4, -0.2) is 29.0 Å². The molecular weight excluding hydrogens is 414 g/mol. The lowest BCUT2D eigenvalue weighted by Gasteiger charge is -2.04. The number of halogens is 1. The highest BCUT2D eigenvalue weighted by molar-refractivity contribution is 8.00. The summed E-state index contributed by atoms with van der Waals surface area (Å²) in [6.45, 7) is 2.04. The summed E-state index contributed by atoms with van der Waals surface area (Å²) in [6.07, 6.45) is 3.87. The number of thiophene rings is 1. The van der Waals surface area contributed by atoms with Gasteiger partial charge >= 0.3 is 5.97 Å². The number of ketones is 1. The van der Waals surface area contributed by atoms with E-state index in [0.717, 1.165) is 15.2 Å². The number of thioether (sulfide) groups is 1. The summed E-state index contributed by atoms with van der Waals surface area (Å²) in [5, 5.41) is 1.22. The molecule has 0 aliphatic carbocycles. The quantitative estimate of drug-likeness (QED) is 0.224. The van der Waals surface area contributed by atoms with Gasteiger partial charge in [-0.3, -0.25) is 4.79 Å². The molecule has 4 aromatic rings. The van der Waals surface area contributed by atoms with Gasteiger partial charge < -0.3 is 9.14 Å². The Morgan fingerprint density at radius 3 is 2.61 bits per heavy atom. The summed E-state index contributed by atoms with van der Waals surface area (Å²) in [5.41, 5.74) is 2.57. The minimum atomic E-state index is -0.420. The van der Waals surface area contributed by atoms with E-state index >= 15 is 0 Å². The van der Waals surface area contributed by atoms with Crippen molar-refractivity contribution in [3.05, 3.63) is 69.7 Å². The Balaban J connectivity index is 2.05. The summed E-state index contributed by atoms with van der Waals surface area (Å²) in [7, 11) is 0. The molecule has 0 aliphatic heterocycles. The Labute approximate surface area is 175 Å². The first kappa shape index (κ1) is 19.1. The molecule has 0 radical (unpaired) electrons. The van der Waals surface area contributed by atoms with Gasteiger partial charge in [0, 0.05) is 22.2 Å². The van der Waals surface area contributed by atoms with Crippen LogP contribution in [0.1, 0.15) is 32.5 Å². The van der Waals surface area contributed by atoms with Crippen molar-refractivity contribution in [2.24, 2.45) is 0 Å². The maximum Gasteiger partial charge on any atom is 0.341 e. The van der Waals surface area contributed by atoms with E-state index in [1.807, 2.05) is 35.1 Å². The smallest absolute Gasteiger partial charge is 0.341 e. The van der Waals surface area contributed by atoms with Gasteiger partial charge in [-0.25, -0.2) is 4.79 Å². The predicted octanol–water partition coefficient (Wildman–Crippen LogP) is 5.94. The fourth-order valence-electron chi connectivity index (χ4n) is 3.26. The maximum absolute atomic E-state index is 13.3. The molecular formula is C21H16ClNO3S2. The minimum Gasteiger partial charge on any atom is -0.462 e. The summed E-state index contributed by atoms with van der Waals surface area (Å²) in [6, 6.07) is 12.4. The maximum atomic E-state index is 13.3. The summed E-state index contributed by atoms with van der Waals surface area (Å²) in [4.78, 5) is 26.7. The highest BCUT2D eigenvalue weighted by Gasteiger charge is 2.29. The second-order valence-electron chi connectivity index (χ2n) is 6.03. The molecule has 0 amide bonds. The second-order valence-corrected chi connectivity index (χ2v) is 8.57. The first-order chi connectivity index (χ1) is 13.6. The van der Waals surface area contributed by atoms with Gasteiger partial charge in [0.15, 0.2) is 0 Å². The number of carbonyl (C=O) groups is 2. The van der Waals surface area contributed by atoms with Crippen LogP contribution in [0.2, 0.25) is 5.02 Å². The lowest BCUT2D eigenvalue weighted by atomic mass is 10.1. The molecule has 142 valence electrons. The molecule has 7 heteroatoms. The lowest BCUT2D eigenvalue weighted by molar-refractivity contribution is 0.0531. The first-order valence-electron chi connectivity index (χ1n) is 8.63. The van der Waals surface area contributed by atoms with Gasteiger partial charge in [-0.05, 0) is 49.6 Å². The molecule has 0 spiro atoms. The fraction of sp³-hybridized carbons (Fsp3) is 0.143. The second kappa shape index (κ2) is 7.62. The molecule has 0 unspecified atom stereocenters. The van der Waals surface area contributed by atoms with Crippen molar-refractivity contribution in [2.75, 3.05) is 12.9 Å². The lowest BCUT2D eigenvalue weighted by Crippen LogP contribution is -2.06. The van der Waals surface area contributed by atoms with Crippen molar-refractivity contribution in [3.63, 3.8) is 0 Å². The summed E-state index contributed by atoms with van der Waals surface area (Å²) in [5.74, 6) is -0.551. The molecule has 0 saturated heterocycles. The third-order valence-electron chi connectivity index (χ3n) is 4.44. The number of aromatic nitrogens is 1. The standard InChI is InChI=1S/C21H16ClNO3S2/c1-3-26-20(25)15-14-6-4-5-11-23(14)17-16(15)19(28-21(17)27-2)18(24)12-7-9-13(22)10-8-12/h4-11H,3H2,1-2H3. The third kappa shape index (κ3) is 3.02. The van der Waals surface area contributed by atoms with Crippen LogP contribution in [0.15, 0.2) is 52.9 Å². The number of ether oxygens (including phenoxy) is 1. The summed E-state index contributed by atoms with van der Waals surface area (Å²) >= 11 is 8.92. The van der Waals surface area contributed by atoms with Crippen molar-refractivity contribution >= 4 is 62.9 Å². The summed E-state index contributed by atoms with van der Waals surface area (Å²) < 4.78 is 8.26. The molecule has 3 aromatic heterocycles. The molecule has 4 rings (SSSR count). The molecule has 4 nitrogen and oxygen atoms in total. The molecule has 0 atom stereocenters. The van der Waals surface area contributed by atoms with Crippen LogP contribution in [0.25, 0.3) is 16.4 Å². The van der Waals surface area contributed by atoms with Gasteiger partial charge in [0.2, 0.25) is 5.78 Å². The van der Waals surface area contributed by atoms with Crippen LogP contribution in [0.3, 0.4) is 0 Å². The highest BCUT2D eigenvalue weighted by atomic mass is 35.5. The zero-order valence-electron chi connectivity index (χ0n) is 15.2. The van der Waals surface area contributed by atoms with Crippen LogP contribution in [0.5, 0.6) is 0 Å². The number of esters is 1. The van der Waals surface area contributed by atoms with E-state index in [1.54, 1.807) is 43.0 Å². The van der Waals surface area contributed by atoms with Crippen LogP contribution < -0.4 is 0 Å². The van der Waals surface area contributed by atoms with Crippen molar-refractivity contribution in [3.8, 4) is 0 Å². The van der Waals surface area contributed by atoms with Gasteiger partial charge in [0.1, 0.15) is 0 Å². The minimum absolute atomic E-state index is 0.131. The molecule has 0 aliphatic rings. The Morgan fingerprint density at radius 1 is 1.18 bits per heavy atom. The van der Waals surface area contributed by atoms with Gasteiger partial charge in [-0.1, -0.05) is 17.7 Å². The fourth-order valence-corrected chi connectivity index (χ4v) is 5.36. The molecule has 1 aromatic carbocycles. The van der Waals surface area contributed by atoms with Gasteiger partial charge in [-0.15, -0.1) is 23.1 Å². The number of benzene rings is 1.